The Labute approximate surface area is 188 Å². The minimum atomic E-state index is -0.445. The molecular formula is C25H42N2O4. The lowest BCUT2D eigenvalue weighted by Gasteiger charge is -2.27. The first kappa shape index (κ1) is 26.9. The van der Waals surface area contributed by atoms with Gasteiger partial charge in [0.05, 0.1) is 13.7 Å². The average molecular weight is 435 g/mol. The Morgan fingerprint density at radius 2 is 1.71 bits per heavy atom. The van der Waals surface area contributed by atoms with E-state index in [0.29, 0.717) is 35.8 Å². The van der Waals surface area contributed by atoms with Crippen molar-refractivity contribution in [3.05, 3.63) is 22.5 Å². The van der Waals surface area contributed by atoms with Crippen molar-refractivity contribution in [3.63, 3.8) is 0 Å². The quantitative estimate of drug-likeness (QED) is 0.317. The summed E-state index contributed by atoms with van der Waals surface area (Å²) in [6, 6.07) is 0. The van der Waals surface area contributed by atoms with Crippen LogP contribution in [-0.4, -0.2) is 47.3 Å². The van der Waals surface area contributed by atoms with E-state index in [-0.39, 0.29) is 24.2 Å². The molecule has 0 bridgehead atoms. The molecule has 1 amide bonds. The number of ether oxygens (including phenoxy) is 1. The molecule has 1 atom stereocenters. The summed E-state index contributed by atoms with van der Waals surface area (Å²) in [5.41, 5.74) is 2.33. The number of rotatable bonds is 13. The van der Waals surface area contributed by atoms with Crippen LogP contribution in [0.4, 0.5) is 0 Å². The minimum absolute atomic E-state index is 0.0458. The number of carbonyl (C=O) groups excluding carboxylic acids is 3. The second-order valence-corrected chi connectivity index (χ2v) is 8.78. The zero-order chi connectivity index (χ0) is 23.7. The van der Waals surface area contributed by atoms with E-state index >= 15 is 0 Å². The van der Waals surface area contributed by atoms with Crippen LogP contribution in [0.2, 0.25) is 0 Å². The van der Waals surface area contributed by atoms with Crippen LogP contribution in [0.25, 0.3) is 0 Å². The number of methoxy groups -OCH3 is 1. The van der Waals surface area contributed by atoms with Gasteiger partial charge in [-0.15, -0.1) is 0 Å². The van der Waals surface area contributed by atoms with Gasteiger partial charge in [0.2, 0.25) is 5.91 Å². The van der Waals surface area contributed by atoms with E-state index in [2.05, 4.69) is 20.8 Å². The first-order valence-electron chi connectivity index (χ1n) is 11.7. The highest BCUT2D eigenvalue weighted by atomic mass is 16.5. The van der Waals surface area contributed by atoms with Crippen LogP contribution in [0, 0.1) is 25.7 Å². The van der Waals surface area contributed by atoms with Crippen LogP contribution >= 0.6 is 0 Å². The molecular weight excluding hydrogens is 392 g/mol. The molecule has 6 nitrogen and oxygen atoms in total. The average Bonchev–Trinajstić information content (AvgIpc) is 2.99. The molecule has 1 rings (SSSR count). The van der Waals surface area contributed by atoms with E-state index in [4.69, 9.17) is 4.74 Å². The number of unbranched alkanes of at least 4 members (excludes halogenated alkanes) is 1. The summed E-state index contributed by atoms with van der Waals surface area (Å²) in [7, 11) is 1.35. The van der Waals surface area contributed by atoms with Gasteiger partial charge >= 0.3 is 5.97 Å². The molecule has 1 heterocycles. The number of nitrogens with zero attached hydrogens (tertiary/aromatic N) is 2. The van der Waals surface area contributed by atoms with Crippen LogP contribution in [0.3, 0.4) is 0 Å². The maximum atomic E-state index is 13.4. The summed E-state index contributed by atoms with van der Waals surface area (Å²) in [6.07, 6.45) is 4.55. The lowest BCUT2D eigenvalue weighted by atomic mass is 9.96. The molecule has 1 aromatic rings. The van der Waals surface area contributed by atoms with Crippen molar-refractivity contribution in [1.82, 2.24) is 9.47 Å². The standard InChI is InChI=1S/C25H42N2O4/c1-9-12-13-20(10-2)24(29)26(15-14-17(4)5)16-21(28)22-18(6)23(25(30)31-8)27(11-3)19(22)7/h17,20H,9-16H2,1-8H3. The van der Waals surface area contributed by atoms with Crippen LogP contribution in [0.15, 0.2) is 0 Å². The summed E-state index contributed by atoms with van der Waals surface area (Å²) in [4.78, 5) is 40.8. The van der Waals surface area contributed by atoms with E-state index in [1.807, 2.05) is 25.3 Å². The third-order valence-corrected chi connectivity index (χ3v) is 6.11. The lowest BCUT2D eigenvalue weighted by Crippen LogP contribution is -2.41. The Morgan fingerprint density at radius 1 is 1.06 bits per heavy atom. The van der Waals surface area contributed by atoms with Gasteiger partial charge in [-0.1, -0.05) is 40.5 Å². The third-order valence-electron chi connectivity index (χ3n) is 6.11. The summed E-state index contributed by atoms with van der Waals surface area (Å²) in [6.45, 7) is 15.2. The van der Waals surface area contributed by atoms with Crippen LogP contribution < -0.4 is 0 Å². The fourth-order valence-corrected chi connectivity index (χ4v) is 4.21. The maximum absolute atomic E-state index is 13.4. The van der Waals surface area contributed by atoms with Crippen molar-refractivity contribution < 1.29 is 19.1 Å². The molecule has 0 saturated heterocycles. The Kier molecular flexibility index (Phi) is 11.0. The van der Waals surface area contributed by atoms with Crippen molar-refractivity contribution in [2.45, 2.75) is 87.1 Å². The van der Waals surface area contributed by atoms with Crippen molar-refractivity contribution >= 4 is 17.7 Å². The number of esters is 1. The summed E-state index contributed by atoms with van der Waals surface area (Å²) >= 11 is 0. The van der Waals surface area contributed by atoms with E-state index in [9.17, 15) is 14.4 Å². The summed E-state index contributed by atoms with van der Waals surface area (Å²) in [5.74, 6) is -0.0947. The molecule has 31 heavy (non-hydrogen) atoms. The number of hydrogen-bond donors (Lipinski definition) is 0. The van der Waals surface area contributed by atoms with Crippen LogP contribution in [-0.2, 0) is 16.1 Å². The number of hydrogen-bond acceptors (Lipinski definition) is 4. The third kappa shape index (κ3) is 6.68. The van der Waals surface area contributed by atoms with Crippen molar-refractivity contribution in [1.29, 1.82) is 0 Å². The molecule has 0 N–H and O–H groups in total. The molecule has 0 spiro atoms. The Hall–Kier alpha value is -2.11. The Morgan fingerprint density at radius 3 is 2.19 bits per heavy atom. The van der Waals surface area contributed by atoms with Gasteiger partial charge < -0.3 is 14.2 Å². The van der Waals surface area contributed by atoms with E-state index in [0.717, 1.165) is 37.8 Å². The largest absolute Gasteiger partial charge is 0.464 e. The normalized spacial score (nSPS) is 12.2. The SMILES string of the molecule is CCCCC(CC)C(=O)N(CCC(C)C)CC(=O)c1c(C)c(C(=O)OC)n(CC)c1C. The number of aromatic nitrogens is 1. The van der Waals surface area contributed by atoms with Gasteiger partial charge in [0.15, 0.2) is 5.78 Å². The second kappa shape index (κ2) is 12.7. The highest BCUT2D eigenvalue weighted by Gasteiger charge is 2.29. The molecule has 176 valence electrons. The predicted molar refractivity (Wildman–Crippen MR) is 125 cm³/mol. The number of ketones is 1. The molecule has 0 aliphatic rings. The lowest BCUT2D eigenvalue weighted by molar-refractivity contribution is -0.135. The van der Waals surface area contributed by atoms with Crippen molar-refractivity contribution in [2.24, 2.45) is 11.8 Å². The van der Waals surface area contributed by atoms with Gasteiger partial charge in [-0.2, -0.15) is 0 Å². The van der Waals surface area contributed by atoms with Gasteiger partial charge in [0.1, 0.15) is 5.69 Å². The van der Waals surface area contributed by atoms with Crippen molar-refractivity contribution in [3.8, 4) is 0 Å². The molecule has 0 saturated carbocycles. The molecule has 0 fully saturated rings. The first-order chi connectivity index (χ1) is 14.6. The first-order valence-corrected chi connectivity index (χ1v) is 11.7. The Balaban J connectivity index is 3.25. The van der Waals surface area contributed by atoms with Gasteiger partial charge in [0.25, 0.3) is 0 Å². The molecule has 0 aliphatic heterocycles. The summed E-state index contributed by atoms with van der Waals surface area (Å²) in [5, 5.41) is 0. The van der Waals surface area contributed by atoms with Crippen LogP contribution in [0.5, 0.6) is 0 Å². The van der Waals surface area contributed by atoms with E-state index in [1.54, 1.807) is 11.8 Å². The molecule has 1 unspecified atom stereocenters. The van der Waals surface area contributed by atoms with E-state index < -0.39 is 5.97 Å². The summed E-state index contributed by atoms with van der Waals surface area (Å²) < 4.78 is 6.76. The zero-order valence-electron chi connectivity index (χ0n) is 20.8. The van der Waals surface area contributed by atoms with Gasteiger partial charge in [-0.3, -0.25) is 9.59 Å². The molecule has 6 heteroatoms. The fourth-order valence-electron chi connectivity index (χ4n) is 4.21. The van der Waals surface area contributed by atoms with Gasteiger partial charge in [0, 0.05) is 30.3 Å². The minimum Gasteiger partial charge on any atom is -0.464 e. The molecule has 0 radical (unpaired) electrons. The predicted octanol–water partition coefficient (Wildman–Crippen LogP) is 5.19. The smallest absolute Gasteiger partial charge is 0.354 e. The number of Topliss-reactive ketones (excluding diaryl/α,β-unsaturated/α-hetero) is 1. The number of amides is 1. The van der Waals surface area contributed by atoms with Gasteiger partial charge in [-0.25, -0.2) is 4.79 Å². The van der Waals surface area contributed by atoms with E-state index in [1.165, 1.54) is 7.11 Å². The molecule has 0 aromatic carbocycles. The molecule has 1 aromatic heterocycles. The highest BCUT2D eigenvalue weighted by molar-refractivity contribution is 6.04. The second-order valence-electron chi connectivity index (χ2n) is 8.78. The number of carbonyl (C=O) groups is 3. The Bertz CT molecular complexity index is 764. The fraction of sp³-hybridized carbons (Fsp3) is 0.720. The van der Waals surface area contributed by atoms with Crippen LogP contribution in [0.1, 0.15) is 98.8 Å². The van der Waals surface area contributed by atoms with Gasteiger partial charge in [-0.05, 0) is 51.5 Å². The monoisotopic (exact) mass is 434 g/mol. The zero-order valence-corrected chi connectivity index (χ0v) is 20.8. The highest BCUT2D eigenvalue weighted by Crippen LogP contribution is 2.25. The molecule has 0 aliphatic carbocycles. The maximum Gasteiger partial charge on any atom is 0.354 e. The topological polar surface area (TPSA) is 68.6 Å². The van der Waals surface area contributed by atoms with Crippen molar-refractivity contribution in [2.75, 3.05) is 20.2 Å².